The molecule has 1 aliphatic heterocycles. The van der Waals surface area contributed by atoms with Crippen molar-refractivity contribution in [3.63, 3.8) is 0 Å². The van der Waals surface area contributed by atoms with Gasteiger partial charge in [-0.3, -0.25) is 9.59 Å². The number of piperazine rings is 1. The molecule has 0 radical (unpaired) electrons. The number of benzene rings is 1. The van der Waals surface area contributed by atoms with Gasteiger partial charge in [0.15, 0.2) is 0 Å². The molecule has 0 aromatic heterocycles. The summed E-state index contributed by atoms with van der Waals surface area (Å²) in [7, 11) is 0. The van der Waals surface area contributed by atoms with Gasteiger partial charge in [-0.2, -0.15) is 0 Å². The summed E-state index contributed by atoms with van der Waals surface area (Å²) in [5, 5.41) is 2.71. The van der Waals surface area contributed by atoms with E-state index in [4.69, 9.17) is 0 Å². The van der Waals surface area contributed by atoms with Crippen LogP contribution in [0.25, 0.3) is 0 Å². The van der Waals surface area contributed by atoms with Crippen LogP contribution in [0.15, 0.2) is 18.2 Å². The minimum absolute atomic E-state index is 0.0214. The summed E-state index contributed by atoms with van der Waals surface area (Å²) >= 11 is 0. The molecule has 96 valence electrons. The molecule has 1 aromatic rings. The summed E-state index contributed by atoms with van der Waals surface area (Å²) in [6.45, 7) is 5.43. The van der Waals surface area contributed by atoms with E-state index in [0.717, 1.165) is 5.56 Å². The minimum Gasteiger partial charge on any atom is -0.353 e. The van der Waals surface area contributed by atoms with Crippen molar-refractivity contribution in [1.82, 2.24) is 10.2 Å². The first-order valence-electron chi connectivity index (χ1n) is 6.17. The Morgan fingerprint density at radius 1 is 1.33 bits per heavy atom. The Kier molecular flexibility index (Phi) is 3.65. The first-order chi connectivity index (χ1) is 8.56. The minimum atomic E-state index is -0.0744. The molecular weight excluding hydrogens is 228 g/mol. The summed E-state index contributed by atoms with van der Waals surface area (Å²) < 4.78 is 0. The number of amides is 2. The first kappa shape index (κ1) is 12.6. The second-order valence-electron chi connectivity index (χ2n) is 4.76. The second-order valence-corrected chi connectivity index (χ2v) is 4.76. The standard InChI is InChI=1S/C14H18N2O2/c1-10-3-4-12(7-11(10)2)8-14(18)16-6-5-15-13(17)9-16/h3-4,7H,5-6,8-9H2,1-2H3,(H,15,17). The lowest BCUT2D eigenvalue weighted by atomic mass is 10.0. The van der Waals surface area contributed by atoms with Gasteiger partial charge in [-0.05, 0) is 30.5 Å². The van der Waals surface area contributed by atoms with Gasteiger partial charge in [-0.15, -0.1) is 0 Å². The van der Waals surface area contributed by atoms with E-state index in [1.165, 1.54) is 11.1 Å². The van der Waals surface area contributed by atoms with Gasteiger partial charge in [0.25, 0.3) is 0 Å². The number of aryl methyl sites for hydroxylation is 2. The lowest BCUT2D eigenvalue weighted by molar-refractivity contribution is -0.137. The van der Waals surface area contributed by atoms with Gasteiger partial charge in [0, 0.05) is 13.1 Å². The lowest BCUT2D eigenvalue weighted by Crippen LogP contribution is -2.50. The molecule has 18 heavy (non-hydrogen) atoms. The van der Waals surface area contributed by atoms with E-state index in [2.05, 4.69) is 12.2 Å². The number of hydrogen-bond donors (Lipinski definition) is 1. The second kappa shape index (κ2) is 5.21. The summed E-state index contributed by atoms with van der Waals surface area (Å²) in [6, 6.07) is 6.04. The predicted octanol–water partition coefficient (Wildman–Crippen LogP) is 0.804. The van der Waals surface area contributed by atoms with Crippen LogP contribution < -0.4 is 5.32 Å². The highest BCUT2D eigenvalue weighted by molar-refractivity contribution is 5.86. The number of nitrogens with zero attached hydrogens (tertiary/aromatic N) is 1. The number of carbonyl (C=O) groups is 2. The molecule has 0 saturated carbocycles. The van der Waals surface area contributed by atoms with Crippen molar-refractivity contribution in [1.29, 1.82) is 0 Å². The van der Waals surface area contributed by atoms with Crippen molar-refractivity contribution < 1.29 is 9.59 Å². The molecule has 0 spiro atoms. The molecule has 1 heterocycles. The average Bonchev–Trinajstić information content (AvgIpc) is 2.34. The maximum absolute atomic E-state index is 12.1. The largest absolute Gasteiger partial charge is 0.353 e. The normalized spacial score (nSPS) is 15.4. The Bertz CT molecular complexity index is 483. The molecule has 0 unspecified atom stereocenters. The van der Waals surface area contributed by atoms with Crippen LogP contribution in [0.4, 0.5) is 0 Å². The van der Waals surface area contributed by atoms with Crippen molar-refractivity contribution in [2.24, 2.45) is 0 Å². The van der Waals surface area contributed by atoms with Gasteiger partial charge in [0.1, 0.15) is 0 Å². The summed E-state index contributed by atoms with van der Waals surface area (Å²) in [4.78, 5) is 24.9. The highest BCUT2D eigenvalue weighted by Gasteiger charge is 2.20. The number of rotatable bonds is 2. The summed E-state index contributed by atoms with van der Waals surface area (Å²) in [6.07, 6.45) is 0.369. The zero-order chi connectivity index (χ0) is 13.1. The van der Waals surface area contributed by atoms with Crippen LogP contribution in [0, 0.1) is 13.8 Å². The van der Waals surface area contributed by atoms with Crippen LogP contribution in [-0.4, -0.2) is 36.3 Å². The van der Waals surface area contributed by atoms with Crippen molar-refractivity contribution in [2.45, 2.75) is 20.3 Å². The average molecular weight is 246 g/mol. The fraction of sp³-hybridized carbons (Fsp3) is 0.429. The van der Waals surface area contributed by atoms with Crippen molar-refractivity contribution in [3.8, 4) is 0 Å². The molecule has 0 aliphatic carbocycles. The lowest BCUT2D eigenvalue weighted by Gasteiger charge is -2.26. The van der Waals surface area contributed by atoms with E-state index in [1.54, 1.807) is 4.90 Å². The summed E-state index contributed by atoms with van der Waals surface area (Å²) in [5.74, 6) is -0.0530. The molecule has 0 bridgehead atoms. The smallest absolute Gasteiger partial charge is 0.239 e. The summed E-state index contributed by atoms with van der Waals surface area (Å²) in [5.41, 5.74) is 3.43. The quantitative estimate of drug-likeness (QED) is 0.839. The van der Waals surface area contributed by atoms with Crippen molar-refractivity contribution in [3.05, 3.63) is 34.9 Å². The van der Waals surface area contributed by atoms with Crippen LogP contribution in [0.5, 0.6) is 0 Å². The van der Waals surface area contributed by atoms with Gasteiger partial charge < -0.3 is 10.2 Å². The number of hydrogen-bond acceptors (Lipinski definition) is 2. The maximum atomic E-state index is 12.1. The molecule has 1 saturated heterocycles. The van der Waals surface area contributed by atoms with Gasteiger partial charge in [0.05, 0.1) is 13.0 Å². The molecule has 1 fully saturated rings. The van der Waals surface area contributed by atoms with Crippen LogP contribution in [0.1, 0.15) is 16.7 Å². The fourth-order valence-corrected chi connectivity index (χ4v) is 2.05. The SMILES string of the molecule is Cc1ccc(CC(=O)N2CCNC(=O)C2)cc1C. The molecule has 2 amide bonds. The molecule has 0 atom stereocenters. The third kappa shape index (κ3) is 2.88. The van der Waals surface area contributed by atoms with Crippen molar-refractivity contribution in [2.75, 3.05) is 19.6 Å². The maximum Gasteiger partial charge on any atom is 0.239 e. The Labute approximate surface area is 107 Å². The molecule has 1 aliphatic rings. The first-order valence-corrected chi connectivity index (χ1v) is 6.17. The highest BCUT2D eigenvalue weighted by atomic mass is 16.2. The topological polar surface area (TPSA) is 49.4 Å². The van der Waals surface area contributed by atoms with Crippen LogP contribution in [0.3, 0.4) is 0 Å². The number of carbonyl (C=O) groups excluding carboxylic acids is 2. The van der Waals surface area contributed by atoms with Gasteiger partial charge in [-0.25, -0.2) is 0 Å². The van der Waals surface area contributed by atoms with E-state index in [-0.39, 0.29) is 18.4 Å². The molecule has 2 rings (SSSR count). The van der Waals surface area contributed by atoms with Crippen LogP contribution in [-0.2, 0) is 16.0 Å². The van der Waals surface area contributed by atoms with E-state index >= 15 is 0 Å². The fourth-order valence-electron chi connectivity index (χ4n) is 2.05. The van der Waals surface area contributed by atoms with Crippen molar-refractivity contribution >= 4 is 11.8 Å². The molecule has 4 heteroatoms. The van der Waals surface area contributed by atoms with E-state index < -0.39 is 0 Å². The Morgan fingerprint density at radius 3 is 2.78 bits per heavy atom. The highest BCUT2D eigenvalue weighted by Crippen LogP contribution is 2.11. The third-order valence-electron chi connectivity index (χ3n) is 3.32. The molecule has 1 N–H and O–H groups in total. The molecule has 4 nitrogen and oxygen atoms in total. The van der Waals surface area contributed by atoms with Gasteiger partial charge >= 0.3 is 0 Å². The third-order valence-corrected chi connectivity index (χ3v) is 3.32. The van der Waals surface area contributed by atoms with Crippen LogP contribution >= 0.6 is 0 Å². The Morgan fingerprint density at radius 2 is 2.11 bits per heavy atom. The van der Waals surface area contributed by atoms with E-state index in [1.807, 2.05) is 25.1 Å². The zero-order valence-electron chi connectivity index (χ0n) is 10.8. The van der Waals surface area contributed by atoms with Gasteiger partial charge in [-0.1, -0.05) is 18.2 Å². The number of nitrogens with one attached hydrogen (secondary N) is 1. The Hall–Kier alpha value is -1.84. The van der Waals surface area contributed by atoms with E-state index in [9.17, 15) is 9.59 Å². The Balaban J connectivity index is 2.02. The zero-order valence-corrected chi connectivity index (χ0v) is 10.8. The van der Waals surface area contributed by atoms with Crippen LogP contribution in [0.2, 0.25) is 0 Å². The molecular formula is C14H18N2O2. The molecule has 1 aromatic carbocycles. The van der Waals surface area contributed by atoms with E-state index in [0.29, 0.717) is 19.5 Å². The monoisotopic (exact) mass is 246 g/mol. The van der Waals surface area contributed by atoms with Gasteiger partial charge in [0.2, 0.25) is 11.8 Å². The predicted molar refractivity (Wildman–Crippen MR) is 69.2 cm³/mol.